The van der Waals surface area contributed by atoms with Crippen molar-refractivity contribution in [3.8, 4) is 0 Å². The summed E-state index contributed by atoms with van der Waals surface area (Å²) in [4.78, 5) is 15.5. The standard InChI is InChI=1S/C10H8N2OS2/c1-6(9(11)13)14-10-12-7-4-2-3-5-8(7)15-10/h2-5H,1H2,(H2,11,13). The molecule has 0 spiro atoms. The first-order valence-corrected chi connectivity index (χ1v) is 5.82. The van der Waals surface area contributed by atoms with E-state index in [1.165, 1.54) is 23.1 Å². The van der Waals surface area contributed by atoms with Gasteiger partial charge < -0.3 is 5.73 Å². The molecule has 2 aromatic rings. The maximum absolute atomic E-state index is 10.8. The highest BCUT2D eigenvalue weighted by Crippen LogP contribution is 2.32. The number of hydrogen-bond donors (Lipinski definition) is 1. The van der Waals surface area contributed by atoms with Crippen LogP contribution in [-0.4, -0.2) is 10.9 Å². The topological polar surface area (TPSA) is 56.0 Å². The van der Waals surface area contributed by atoms with E-state index in [1.807, 2.05) is 24.3 Å². The summed E-state index contributed by atoms with van der Waals surface area (Å²) in [7, 11) is 0. The molecule has 1 aromatic carbocycles. The molecule has 0 bridgehead atoms. The second-order valence-corrected chi connectivity index (χ2v) is 5.21. The van der Waals surface area contributed by atoms with Crippen LogP contribution in [0, 0.1) is 0 Å². The Balaban J connectivity index is 2.30. The summed E-state index contributed by atoms with van der Waals surface area (Å²) in [5.74, 6) is -0.501. The van der Waals surface area contributed by atoms with Crippen molar-refractivity contribution >= 4 is 39.2 Å². The maximum atomic E-state index is 10.8. The summed E-state index contributed by atoms with van der Waals surface area (Å²) in [5, 5.41) is 0. The molecular formula is C10H8N2OS2. The van der Waals surface area contributed by atoms with Crippen LogP contribution in [0.2, 0.25) is 0 Å². The van der Waals surface area contributed by atoms with Crippen LogP contribution < -0.4 is 5.73 Å². The normalized spacial score (nSPS) is 10.4. The van der Waals surface area contributed by atoms with Gasteiger partial charge in [0.15, 0.2) is 4.34 Å². The molecule has 1 aromatic heterocycles. The summed E-state index contributed by atoms with van der Waals surface area (Å²) >= 11 is 2.74. The van der Waals surface area contributed by atoms with E-state index in [1.54, 1.807) is 0 Å². The Kier molecular flexibility index (Phi) is 2.75. The van der Waals surface area contributed by atoms with Gasteiger partial charge in [0.1, 0.15) is 0 Å². The Morgan fingerprint density at radius 1 is 1.47 bits per heavy atom. The summed E-state index contributed by atoms with van der Waals surface area (Å²) < 4.78 is 1.89. The van der Waals surface area contributed by atoms with Crippen molar-refractivity contribution in [3.63, 3.8) is 0 Å². The molecule has 0 radical (unpaired) electrons. The molecule has 0 atom stereocenters. The third kappa shape index (κ3) is 2.19. The van der Waals surface area contributed by atoms with Crippen molar-refractivity contribution in [1.29, 1.82) is 0 Å². The zero-order valence-electron chi connectivity index (χ0n) is 7.77. The van der Waals surface area contributed by atoms with Crippen molar-refractivity contribution in [2.24, 2.45) is 5.73 Å². The number of rotatable bonds is 3. The zero-order chi connectivity index (χ0) is 10.8. The monoisotopic (exact) mass is 236 g/mol. The highest BCUT2D eigenvalue weighted by Gasteiger charge is 2.08. The Morgan fingerprint density at radius 2 is 2.20 bits per heavy atom. The summed E-state index contributed by atoms with van der Waals surface area (Å²) in [6.07, 6.45) is 0. The van der Waals surface area contributed by atoms with E-state index in [0.29, 0.717) is 4.91 Å². The number of fused-ring (bicyclic) bond motifs is 1. The van der Waals surface area contributed by atoms with Gasteiger partial charge in [-0.05, 0) is 12.1 Å². The van der Waals surface area contributed by atoms with Crippen LogP contribution in [0.5, 0.6) is 0 Å². The molecule has 76 valence electrons. The smallest absolute Gasteiger partial charge is 0.254 e. The van der Waals surface area contributed by atoms with Gasteiger partial charge in [-0.25, -0.2) is 4.98 Å². The van der Waals surface area contributed by atoms with Gasteiger partial charge in [-0.1, -0.05) is 30.5 Å². The van der Waals surface area contributed by atoms with Crippen LogP contribution in [0.15, 0.2) is 40.1 Å². The van der Waals surface area contributed by atoms with E-state index in [0.717, 1.165) is 14.6 Å². The number of hydrogen-bond acceptors (Lipinski definition) is 4. The summed E-state index contributed by atoms with van der Waals surface area (Å²) in [6.45, 7) is 3.57. The average molecular weight is 236 g/mol. The third-order valence-electron chi connectivity index (χ3n) is 1.76. The minimum Gasteiger partial charge on any atom is -0.365 e. The summed E-state index contributed by atoms with van der Waals surface area (Å²) in [6, 6.07) is 7.81. The van der Waals surface area contributed by atoms with Gasteiger partial charge >= 0.3 is 0 Å². The number of benzene rings is 1. The van der Waals surface area contributed by atoms with Crippen molar-refractivity contribution in [3.05, 3.63) is 35.7 Å². The number of thioether (sulfide) groups is 1. The molecule has 0 unspecified atom stereocenters. The number of nitrogens with zero attached hydrogens (tertiary/aromatic N) is 1. The lowest BCUT2D eigenvalue weighted by Crippen LogP contribution is -2.10. The Morgan fingerprint density at radius 3 is 2.87 bits per heavy atom. The van der Waals surface area contributed by atoms with Crippen LogP contribution in [0.1, 0.15) is 0 Å². The van der Waals surface area contributed by atoms with E-state index in [4.69, 9.17) is 5.73 Å². The van der Waals surface area contributed by atoms with Gasteiger partial charge in [0.2, 0.25) is 0 Å². The third-order valence-corrected chi connectivity index (χ3v) is 3.80. The lowest BCUT2D eigenvalue weighted by atomic mass is 10.3. The quantitative estimate of drug-likeness (QED) is 0.657. The largest absolute Gasteiger partial charge is 0.365 e. The van der Waals surface area contributed by atoms with Crippen molar-refractivity contribution < 1.29 is 4.79 Å². The molecule has 3 nitrogen and oxygen atoms in total. The lowest BCUT2D eigenvalue weighted by molar-refractivity contribution is -0.113. The maximum Gasteiger partial charge on any atom is 0.254 e. The van der Waals surface area contributed by atoms with E-state index >= 15 is 0 Å². The molecule has 0 aliphatic heterocycles. The Bertz CT molecular complexity index is 500. The lowest BCUT2D eigenvalue weighted by Gasteiger charge is -1.94. The molecule has 2 N–H and O–H groups in total. The minimum absolute atomic E-state index is 0.314. The van der Waals surface area contributed by atoms with Gasteiger partial charge in [0.25, 0.3) is 5.91 Å². The van der Waals surface area contributed by atoms with E-state index in [2.05, 4.69) is 11.6 Å². The van der Waals surface area contributed by atoms with Gasteiger partial charge in [0.05, 0.1) is 15.1 Å². The molecule has 15 heavy (non-hydrogen) atoms. The molecule has 0 saturated heterocycles. The number of aromatic nitrogens is 1. The van der Waals surface area contributed by atoms with Gasteiger partial charge in [0, 0.05) is 0 Å². The molecule has 0 saturated carbocycles. The number of amides is 1. The SMILES string of the molecule is C=C(Sc1nc2ccccc2s1)C(N)=O. The molecule has 0 aliphatic rings. The molecule has 2 rings (SSSR count). The summed E-state index contributed by atoms with van der Waals surface area (Å²) in [5.41, 5.74) is 6.03. The van der Waals surface area contributed by atoms with Crippen LogP contribution in [0.3, 0.4) is 0 Å². The second kappa shape index (κ2) is 4.04. The van der Waals surface area contributed by atoms with Crippen molar-refractivity contribution in [2.75, 3.05) is 0 Å². The van der Waals surface area contributed by atoms with E-state index in [-0.39, 0.29) is 0 Å². The van der Waals surface area contributed by atoms with Gasteiger partial charge in [-0.3, -0.25) is 4.79 Å². The van der Waals surface area contributed by atoms with Gasteiger partial charge in [-0.15, -0.1) is 11.3 Å². The first-order valence-electron chi connectivity index (χ1n) is 4.19. The predicted molar refractivity (Wildman–Crippen MR) is 63.8 cm³/mol. The van der Waals surface area contributed by atoms with Gasteiger partial charge in [-0.2, -0.15) is 0 Å². The van der Waals surface area contributed by atoms with Crippen molar-refractivity contribution in [1.82, 2.24) is 4.98 Å². The average Bonchev–Trinajstić information content (AvgIpc) is 2.59. The fraction of sp³-hybridized carbons (Fsp3) is 0. The van der Waals surface area contributed by atoms with E-state index in [9.17, 15) is 4.79 Å². The first-order chi connectivity index (χ1) is 7.16. The molecule has 5 heteroatoms. The minimum atomic E-state index is -0.501. The van der Waals surface area contributed by atoms with Crippen LogP contribution in [0.25, 0.3) is 10.2 Å². The fourth-order valence-electron chi connectivity index (χ4n) is 1.05. The first kappa shape index (κ1) is 10.2. The van der Waals surface area contributed by atoms with Crippen LogP contribution in [0.4, 0.5) is 0 Å². The zero-order valence-corrected chi connectivity index (χ0v) is 9.40. The number of nitrogens with two attached hydrogens (primary N) is 1. The second-order valence-electron chi connectivity index (χ2n) is 2.84. The highest BCUT2D eigenvalue weighted by atomic mass is 32.2. The number of carbonyl (C=O) groups excluding carboxylic acids is 1. The number of primary amides is 1. The number of thiazole rings is 1. The highest BCUT2D eigenvalue weighted by molar-refractivity contribution is 8.05. The molecule has 0 aliphatic carbocycles. The number of carbonyl (C=O) groups is 1. The molecule has 1 amide bonds. The van der Waals surface area contributed by atoms with Crippen molar-refractivity contribution in [2.45, 2.75) is 4.34 Å². The van der Waals surface area contributed by atoms with Crippen LogP contribution >= 0.6 is 23.1 Å². The fourth-order valence-corrected chi connectivity index (χ4v) is 2.94. The molecule has 0 fully saturated rings. The van der Waals surface area contributed by atoms with E-state index < -0.39 is 5.91 Å². The Hall–Kier alpha value is -1.33. The van der Waals surface area contributed by atoms with Crippen LogP contribution in [-0.2, 0) is 4.79 Å². The molecule has 1 heterocycles. The number of para-hydroxylation sites is 1. The predicted octanol–water partition coefficient (Wildman–Crippen LogP) is 2.39. The molecular weight excluding hydrogens is 228 g/mol. The Labute approximate surface area is 95.0 Å².